The lowest BCUT2D eigenvalue weighted by atomic mass is 10.1. The summed E-state index contributed by atoms with van der Waals surface area (Å²) in [6.45, 7) is 0.383. The molecule has 0 bridgehead atoms. The zero-order chi connectivity index (χ0) is 23.9. The van der Waals surface area contributed by atoms with Crippen molar-refractivity contribution in [2.24, 2.45) is 5.10 Å². The zero-order valence-electron chi connectivity index (χ0n) is 18.2. The highest BCUT2D eigenvalue weighted by molar-refractivity contribution is 14.1. The fourth-order valence-electron chi connectivity index (χ4n) is 3.30. The summed E-state index contributed by atoms with van der Waals surface area (Å²) in [7, 11) is 1.58. The molecule has 0 unspecified atom stereocenters. The first-order valence-corrected chi connectivity index (χ1v) is 11.8. The second-order valence-electron chi connectivity index (χ2n) is 7.26. The van der Waals surface area contributed by atoms with Gasteiger partial charge in [-0.2, -0.15) is 5.10 Å². The van der Waals surface area contributed by atoms with Gasteiger partial charge in [-0.05, 0) is 82.2 Å². The Hall–Kier alpha value is -3.30. The molecule has 1 heterocycles. The molecule has 1 N–H and O–H groups in total. The molecule has 3 aromatic carbocycles. The molecule has 0 aliphatic carbocycles. The van der Waals surface area contributed by atoms with Crippen LogP contribution >= 0.6 is 34.2 Å². The summed E-state index contributed by atoms with van der Waals surface area (Å²) < 4.78 is 14.3. The van der Waals surface area contributed by atoms with E-state index in [4.69, 9.17) is 21.1 Å². The number of hydrogen-bond donors (Lipinski definition) is 1. The Morgan fingerprint density at radius 2 is 1.82 bits per heavy atom. The molecular weight excluding hydrogens is 565 g/mol. The number of para-hydroxylation sites is 1. The number of halogens is 2. The third kappa shape index (κ3) is 5.78. The molecule has 1 amide bonds. The second-order valence-corrected chi connectivity index (χ2v) is 8.85. The normalized spacial score (nSPS) is 10.9. The van der Waals surface area contributed by atoms with Gasteiger partial charge in [-0.3, -0.25) is 4.79 Å². The predicted molar refractivity (Wildman–Crippen MR) is 142 cm³/mol. The van der Waals surface area contributed by atoms with Crippen molar-refractivity contribution in [3.05, 3.63) is 110 Å². The number of nitrogens with one attached hydrogen (secondary N) is 1. The lowest BCUT2D eigenvalue weighted by Gasteiger charge is -2.13. The number of hydrogen-bond acceptors (Lipinski definition) is 4. The van der Waals surface area contributed by atoms with Gasteiger partial charge in [0.05, 0.1) is 28.1 Å². The average Bonchev–Trinajstić information content (AvgIpc) is 3.39. The number of nitrogens with zero attached hydrogens (tertiary/aromatic N) is 2. The molecule has 0 spiro atoms. The molecule has 0 saturated heterocycles. The number of carbonyl (C=O) groups excluding carboxylic acids is 1. The van der Waals surface area contributed by atoms with E-state index in [9.17, 15) is 4.79 Å². The van der Waals surface area contributed by atoms with Crippen LogP contribution in [0.4, 0.5) is 0 Å². The van der Waals surface area contributed by atoms with Crippen LogP contribution in [0, 0.1) is 3.57 Å². The maximum absolute atomic E-state index is 12.7. The number of methoxy groups -OCH3 is 1. The smallest absolute Gasteiger partial charge is 0.273 e. The molecule has 6 nitrogen and oxygen atoms in total. The van der Waals surface area contributed by atoms with Crippen molar-refractivity contribution in [3.8, 4) is 17.2 Å². The SMILES string of the molecule is COc1cc(C=NNC(=O)c2ccccc2-n2cccc2)cc(I)c1OCc1ccc(Cl)cc1. The van der Waals surface area contributed by atoms with Crippen LogP contribution in [0.15, 0.2) is 90.3 Å². The van der Waals surface area contributed by atoms with Gasteiger partial charge in [0.2, 0.25) is 0 Å². The van der Waals surface area contributed by atoms with Gasteiger partial charge in [-0.25, -0.2) is 5.43 Å². The highest BCUT2D eigenvalue weighted by Gasteiger charge is 2.13. The first-order chi connectivity index (χ1) is 16.5. The molecule has 4 aromatic rings. The van der Waals surface area contributed by atoms with Crippen molar-refractivity contribution >= 4 is 46.3 Å². The van der Waals surface area contributed by atoms with Gasteiger partial charge in [-0.1, -0.05) is 35.9 Å². The average molecular weight is 586 g/mol. The number of ether oxygens (including phenoxy) is 2. The van der Waals surface area contributed by atoms with Crippen LogP contribution in [0.5, 0.6) is 11.5 Å². The number of benzene rings is 3. The Labute approximate surface area is 216 Å². The highest BCUT2D eigenvalue weighted by atomic mass is 127. The summed E-state index contributed by atoms with van der Waals surface area (Å²) in [5.74, 6) is 0.914. The summed E-state index contributed by atoms with van der Waals surface area (Å²) in [6.07, 6.45) is 5.35. The third-order valence-electron chi connectivity index (χ3n) is 4.96. The van der Waals surface area contributed by atoms with Gasteiger partial charge in [-0.15, -0.1) is 0 Å². The van der Waals surface area contributed by atoms with Crippen LogP contribution < -0.4 is 14.9 Å². The molecule has 4 rings (SSSR count). The second kappa shape index (κ2) is 11.2. The van der Waals surface area contributed by atoms with E-state index in [-0.39, 0.29) is 5.91 Å². The number of hydrazone groups is 1. The van der Waals surface area contributed by atoms with Gasteiger partial charge >= 0.3 is 0 Å². The molecule has 0 aliphatic heterocycles. The Morgan fingerprint density at radius 3 is 2.56 bits per heavy atom. The van der Waals surface area contributed by atoms with E-state index in [1.165, 1.54) is 0 Å². The minimum Gasteiger partial charge on any atom is -0.493 e. The van der Waals surface area contributed by atoms with Crippen LogP contribution in [0.1, 0.15) is 21.5 Å². The number of rotatable bonds is 8. The van der Waals surface area contributed by atoms with Crippen molar-refractivity contribution in [1.29, 1.82) is 0 Å². The summed E-state index contributed by atoms with van der Waals surface area (Å²) in [5.41, 5.74) is 5.66. The van der Waals surface area contributed by atoms with Crippen molar-refractivity contribution < 1.29 is 14.3 Å². The van der Waals surface area contributed by atoms with Crippen molar-refractivity contribution in [3.63, 3.8) is 0 Å². The van der Waals surface area contributed by atoms with Crippen LogP contribution in [0.25, 0.3) is 5.69 Å². The molecule has 0 fully saturated rings. The topological polar surface area (TPSA) is 64.8 Å². The Kier molecular flexibility index (Phi) is 7.87. The predicted octanol–water partition coefficient (Wildman–Crippen LogP) is 6.09. The molecule has 1 aromatic heterocycles. The van der Waals surface area contributed by atoms with Crippen LogP contribution in [0.2, 0.25) is 5.02 Å². The molecule has 0 saturated carbocycles. The molecule has 0 atom stereocenters. The van der Waals surface area contributed by atoms with Crippen LogP contribution in [-0.2, 0) is 6.61 Å². The number of aromatic nitrogens is 1. The van der Waals surface area contributed by atoms with Crippen LogP contribution in [-0.4, -0.2) is 23.8 Å². The zero-order valence-corrected chi connectivity index (χ0v) is 21.2. The van der Waals surface area contributed by atoms with E-state index in [1.54, 1.807) is 19.4 Å². The standard InChI is InChI=1S/C26H21ClIN3O3/c1-33-24-15-19(14-22(28)25(24)34-17-18-8-10-20(27)11-9-18)16-29-30-26(32)21-6-2-3-7-23(21)31-12-4-5-13-31/h2-16H,17H2,1H3,(H,30,32). The van der Waals surface area contributed by atoms with E-state index >= 15 is 0 Å². The van der Waals surface area contributed by atoms with Gasteiger partial charge in [0.1, 0.15) is 6.61 Å². The fraction of sp³-hybridized carbons (Fsp3) is 0.0769. The maximum atomic E-state index is 12.7. The summed E-state index contributed by atoms with van der Waals surface area (Å²) in [6, 6.07) is 22.4. The van der Waals surface area contributed by atoms with E-state index in [2.05, 4.69) is 33.1 Å². The number of amides is 1. The van der Waals surface area contributed by atoms with E-state index in [0.29, 0.717) is 28.7 Å². The van der Waals surface area contributed by atoms with Gasteiger partial charge in [0.15, 0.2) is 11.5 Å². The fourth-order valence-corrected chi connectivity index (χ4v) is 4.21. The first kappa shape index (κ1) is 23.8. The van der Waals surface area contributed by atoms with Crippen molar-refractivity contribution in [2.75, 3.05) is 7.11 Å². The minimum absolute atomic E-state index is 0.301. The molecular formula is C26H21ClIN3O3. The maximum Gasteiger partial charge on any atom is 0.273 e. The van der Waals surface area contributed by atoms with Gasteiger partial charge in [0, 0.05) is 17.4 Å². The third-order valence-corrected chi connectivity index (χ3v) is 6.01. The molecule has 34 heavy (non-hydrogen) atoms. The van der Waals surface area contributed by atoms with Gasteiger partial charge in [0.25, 0.3) is 5.91 Å². The largest absolute Gasteiger partial charge is 0.493 e. The summed E-state index contributed by atoms with van der Waals surface area (Å²) in [4.78, 5) is 12.7. The Bertz CT molecular complexity index is 1310. The lowest BCUT2D eigenvalue weighted by Crippen LogP contribution is -2.19. The first-order valence-electron chi connectivity index (χ1n) is 10.4. The monoisotopic (exact) mass is 585 g/mol. The Morgan fingerprint density at radius 1 is 1.09 bits per heavy atom. The molecule has 0 aliphatic rings. The van der Waals surface area contributed by atoms with E-state index in [1.807, 2.05) is 83.7 Å². The Balaban J connectivity index is 1.46. The van der Waals surface area contributed by atoms with E-state index < -0.39 is 0 Å². The van der Waals surface area contributed by atoms with E-state index in [0.717, 1.165) is 20.4 Å². The number of carbonyl (C=O) groups is 1. The summed E-state index contributed by atoms with van der Waals surface area (Å²) in [5, 5.41) is 4.82. The van der Waals surface area contributed by atoms with Crippen molar-refractivity contribution in [2.45, 2.75) is 6.61 Å². The molecule has 0 radical (unpaired) electrons. The lowest BCUT2D eigenvalue weighted by molar-refractivity contribution is 0.0955. The molecule has 8 heteroatoms. The highest BCUT2D eigenvalue weighted by Crippen LogP contribution is 2.34. The van der Waals surface area contributed by atoms with Gasteiger partial charge < -0.3 is 14.0 Å². The molecule has 172 valence electrons. The van der Waals surface area contributed by atoms with Crippen molar-refractivity contribution in [1.82, 2.24) is 9.99 Å². The quantitative estimate of drug-likeness (QED) is 0.155. The van der Waals surface area contributed by atoms with Crippen LogP contribution in [0.3, 0.4) is 0 Å². The minimum atomic E-state index is -0.301. The summed E-state index contributed by atoms with van der Waals surface area (Å²) >= 11 is 8.13.